The summed E-state index contributed by atoms with van der Waals surface area (Å²) in [4.78, 5) is 11.0. The molecule has 0 radical (unpaired) electrons. The second-order valence-electron chi connectivity index (χ2n) is 4.45. The van der Waals surface area contributed by atoms with Crippen molar-refractivity contribution in [1.29, 1.82) is 0 Å². The lowest BCUT2D eigenvalue weighted by molar-refractivity contribution is -0.116. The molecule has 22 heavy (non-hydrogen) atoms. The summed E-state index contributed by atoms with van der Waals surface area (Å²) in [7, 11) is 0. The third-order valence-electron chi connectivity index (χ3n) is 2.83. The van der Waals surface area contributed by atoms with E-state index in [1.807, 2.05) is 23.6 Å². The molecule has 0 spiro atoms. The Bertz CT molecular complexity index is 687. The van der Waals surface area contributed by atoms with Gasteiger partial charge in [0, 0.05) is 6.08 Å². The predicted octanol–water partition coefficient (Wildman–Crippen LogP) is 3.01. The molecule has 0 aliphatic heterocycles. The fourth-order valence-electron chi connectivity index (χ4n) is 1.70. The predicted molar refractivity (Wildman–Crippen MR) is 91.3 cm³/mol. The number of nitrogens with two attached hydrogens (primary N) is 1. The van der Waals surface area contributed by atoms with Gasteiger partial charge < -0.3 is 4.74 Å². The highest BCUT2D eigenvalue weighted by molar-refractivity contribution is 14.1. The summed E-state index contributed by atoms with van der Waals surface area (Å²) in [5.41, 5.74) is 3.78. The van der Waals surface area contributed by atoms with E-state index in [4.69, 9.17) is 10.6 Å². The molecule has 2 aromatic carbocycles. The van der Waals surface area contributed by atoms with Gasteiger partial charge in [0.1, 0.15) is 18.2 Å². The molecule has 1 amide bonds. The van der Waals surface area contributed by atoms with E-state index in [1.54, 1.807) is 18.2 Å². The number of nitrogens with one attached hydrogen (secondary N) is 1. The Hall–Kier alpha value is -1.93. The van der Waals surface area contributed by atoms with Crippen LogP contribution in [-0.2, 0) is 11.4 Å². The third kappa shape index (κ3) is 4.81. The van der Waals surface area contributed by atoms with E-state index in [2.05, 4.69) is 22.6 Å². The molecule has 0 saturated carbocycles. The van der Waals surface area contributed by atoms with Crippen molar-refractivity contribution in [2.45, 2.75) is 6.61 Å². The highest BCUT2D eigenvalue weighted by Gasteiger charge is 2.03. The van der Waals surface area contributed by atoms with Crippen molar-refractivity contribution in [2.24, 2.45) is 5.84 Å². The van der Waals surface area contributed by atoms with Gasteiger partial charge >= 0.3 is 0 Å². The number of ether oxygens (including phenoxy) is 1. The van der Waals surface area contributed by atoms with E-state index in [0.717, 1.165) is 20.4 Å². The van der Waals surface area contributed by atoms with Gasteiger partial charge in [0.25, 0.3) is 5.91 Å². The van der Waals surface area contributed by atoms with Crippen LogP contribution in [0.15, 0.2) is 48.5 Å². The number of rotatable bonds is 5. The smallest absolute Gasteiger partial charge is 0.257 e. The maximum absolute atomic E-state index is 12.8. The van der Waals surface area contributed by atoms with Crippen molar-refractivity contribution in [1.82, 2.24) is 5.43 Å². The largest absolute Gasteiger partial charge is 0.488 e. The summed E-state index contributed by atoms with van der Waals surface area (Å²) in [6, 6.07) is 11.7. The van der Waals surface area contributed by atoms with Crippen molar-refractivity contribution in [3.8, 4) is 5.75 Å². The van der Waals surface area contributed by atoms with Gasteiger partial charge in [-0.1, -0.05) is 18.2 Å². The van der Waals surface area contributed by atoms with Crippen molar-refractivity contribution in [2.75, 3.05) is 0 Å². The van der Waals surface area contributed by atoms with E-state index in [1.165, 1.54) is 18.2 Å². The summed E-state index contributed by atoms with van der Waals surface area (Å²) >= 11 is 2.16. The standard InChI is InChI=1S/C16H14FIN2O2/c17-13-5-1-12(2-6-13)10-22-15-7-3-11(9-14(15)18)4-8-16(21)20-19/h1-9H,10,19H2,(H,20,21)/b8-4+. The van der Waals surface area contributed by atoms with Gasteiger partial charge in [0.2, 0.25) is 0 Å². The number of hydrogen-bond donors (Lipinski definition) is 2. The van der Waals surface area contributed by atoms with Crippen LogP contribution < -0.4 is 16.0 Å². The van der Waals surface area contributed by atoms with E-state index in [0.29, 0.717) is 6.61 Å². The summed E-state index contributed by atoms with van der Waals surface area (Å²) in [6.45, 7) is 0.362. The summed E-state index contributed by atoms with van der Waals surface area (Å²) < 4.78 is 19.5. The zero-order valence-electron chi connectivity index (χ0n) is 11.6. The molecule has 2 aromatic rings. The van der Waals surface area contributed by atoms with Gasteiger partial charge in [-0.25, -0.2) is 10.2 Å². The highest BCUT2D eigenvalue weighted by Crippen LogP contribution is 2.23. The average molecular weight is 412 g/mol. The van der Waals surface area contributed by atoms with Crippen LogP contribution in [0.3, 0.4) is 0 Å². The molecule has 0 unspecified atom stereocenters. The number of amides is 1. The Morgan fingerprint density at radius 3 is 2.64 bits per heavy atom. The van der Waals surface area contributed by atoms with Crippen LogP contribution in [0.25, 0.3) is 6.08 Å². The van der Waals surface area contributed by atoms with Gasteiger partial charge in [0.05, 0.1) is 3.57 Å². The highest BCUT2D eigenvalue weighted by atomic mass is 127. The molecule has 0 aromatic heterocycles. The molecule has 4 nitrogen and oxygen atoms in total. The van der Waals surface area contributed by atoms with E-state index in [9.17, 15) is 9.18 Å². The Labute approximate surface area is 141 Å². The van der Waals surface area contributed by atoms with Gasteiger partial charge in [0.15, 0.2) is 0 Å². The zero-order valence-corrected chi connectivity index (χ0v) is 13.7. The molecule has 0 fully saturated rings. The maximum Gasteiger partial charge on any atom is 0.257 e. The lowest BCUT2D eigenvalue weighted by atomic mass is 10.2. The van der Waals surface area contributed by atoms with Gasteiger partial charge in [-0.15, -0.1) is 0 Å². The molecule has 0 heterocycles. The van der Waals surface area contributed by atoms with Gasteiger partial charge in [-0.2, -0.15) is 0 Å². The first kappa shape index (κ1) is 16.4. The van der Waals surface area contributed by atoms with E-state index < -0.39 is 0 Å². The molecule has 2 rings (SSSR count). The van der Waals surface area contributed by atoms with Crippen LogP contribution in [0.2, 0.25) is 0 Å². The van der Waals surface area contributed by atoms with Crippen molar-refractivity contribution in [3.05, 3.63) is 69.1 Å². The Morgan fingerprint density at radius 2 is 2.00 bits per heavy atom. The number of halogens is 2. The molecular formula is C16H14FIN2O2. The zero-order chi connectivity index (χ0) is 15.9. The van der Waals surface area contributed by atoms with Crippen LogP contribution >= 0.6 is 22.6 Å². The molecule has 114 valence electrons. The van der Waals surface area contributed by atoms with E-state index >= 15 is 0 Å². The van der Waals surface area contributed by atoms with Crippen LogP contribution in [0.5, 0.6) is 5.75 Å². The Kier molecular flexibility index (Phi) is 5.91. The minimum atomic E-state index is -0.369. The average Bonchev–Trinajstić information content (AvgIpc) is 2.53. The molecule has 0 saturated heterocycles. The van der Waals surface area contributed by atoms with Gasteiger partial charge in [-0.05, 0) is 64.1 Å². The minimum Gasteiger partial charge on any atom is -0.488 e. The third-order valence-corrected chi connectivity index (χ3v) is 3.68. The number of carbonyl (C=O) groups is 1. The molecule has 0 bridgehead atoms. The van der Waals surface area contributed by atoms with Crippen molar-refractivity contribution >= 4 is 34.6 Å². The van der Waals surface area contributed by atoms with Crippen LogP contribution in [-0.4, -0.2) is 5.91 Å². The second-order valence-corrected chi connectivity index (χ2v) is 5.61. The van der Waals surface area contributed by atoms with E-state index in [-0.39, 0.29) is 11.7 Å². The topological polar surface area (TPSA) is 64.3 Å². The summed E-state index contributed by atoms with van der Waals surface area (Å²) in [5, 5.41) is 0. The Morgan fingerprint density at radius 1 is 1.27 bits per heavy atom. The van der Waals surface area contributed by atoms with Crippen LogP contribution in [0.1, 0.15) is 11.1 Å². The van der Waals surface area contributed by atoms with Crippen LogP contribution in [0.4, 0.5) is 4.39 Å². The first-order valence-corrected chi connectivity index (χ1v) is 7.52. The molecular weight excluding hydrogens is 398 g/mol. The first-order valence-electron chi connectivity index (χ1n) is 6.44. The maximum atomic E-state index is 12.8. The fourth-order valence-corrected chi connectivity index (χ4v) is 2.39. The monoisotopic (exact) mass is 412 g/mol. The first-order chi connectivity index (χ1) is 10.6. The summed E-state index contributed by atoms with van der Waals surface area (Å²) in [5.74, 6) is 5.09. The number of hydrazine groups is 1. The van der Waals surface area contributed by atoms with Gasteiger partial charge in [-0.3, -0.25) is 10.2 Å². The normalized spacial score (nSPS) is 10.7. The molecule has 6 heteroatoms. The lowest BCUT2D eigenvalue weighted by Crippen LogP contribution is -2.27. The SMILES string of the molecule is NNC(=O)/C=C/c1ccc(OCc2ccc(F)cc2)c(I)c1. The summed E-state index contributed by atoms with van der Waals surface area (Å²) in [6.07, 6.45) is 3.01. The van der Waals surface area contributed by atoms with Crippen molar-refractivity contribution < 1.29 is 13.9 Å². The number of benzene rings is 2. The quantitative estimate of drug-likeness (QED) is 0.261. The second kappa shape index (κ2) is 7.90. The lowest BCUT2D eigenvalue weighted by Gasteiger charge is -2.09. The fraction of sp³-hybridized carbons (Fsp3) is 0.0625. The molecule has 0 aliphatic rings. The molecule has 0 aliphatic carbocycles. The van der Waals surface area contributed by atoms with Crippen LogP contribution in [0, 0.1) is 9.39 Å². The molecule has 0 atom stereocenters. The number of carbonyl (C=O) groups excluding carboxylic acids is 1. The minimum absolute atomic E-state index is 0.268. The Balaban J connectivity index is 2.02. The number of hydrogen-bond acceptors (Lipinski definition) is 3. The van der Waals surface area contributed by atoms with Crippen molar-refractivity contribution in [3.63, 3.8) is 0 Å². The molecule has 3 N–H and O–H groups in total.